The quantitative estimate of drug-likeness (QED) is 0.622. The average molecular weight is 415 g/mol. The molecule has 1 aliphatic heterocycles. The number of ether oxygens (including phenoxy) is 2. The van der Waals surface area contributed by atoms with E-state index >= 15 is 0 Å². The van der Waals surface area contributed by atoms with Gasteiger partial charge in [-0.2, -0.15) is 0 Å². The molecular weight excluding hydrogens is 391 g/mol. The summed E-state index contributed by atoms with van der Waals surface area (Å²) in [6.45, 7) is 3.31. The molecule has 0 spiro atoms. The molecule has 0 atom stereocenters. The molecule has 1 fully saturated rings. The molecule has 0 aliphatic carbocycles. The van der Waals surface area contributed by atoms with Gasteiger partial charge in [0.25, 0.3) is 5.19 Å². The summed E-state index contributed by atoms with van der Waals surface area (Å²) in [6, 6.07) is 10.4. The Hall–Kier alpha value is -2.67. The van der Waals surface area contributed by atoms with Crippen molar-refractivity contribution in [2.24, 2.45) is 0 Å². The summed E-state index contributed by atoms with van der Waals surface area (Å²) in [5, 5.41) is 0.559. The number of aromatic nitrogens is 1. The topological polar surface area (TPSA) is 51.7 Å². The lowest BCUT2D eigenvalue weighted by atomic mass is 10.0. The molecule has 152 valence electrons. The first-order chi connectivity index (χ1) is 14.0. The van der Waals surface area contributed by atoms with Crippen LogP contribution in [-0.4, -0.2) is 42.1 Å². The molecule has 7 heteroatoms. The number of fused-ring (bicyclic) bond motifs is 1. The lowest BCUT2D eigenvalue weighted by Crippen LogP contribution is -2.42. The summed E-state index contributed by atoms with van der Waals surface area (Å²) >= 11 is 1.35. The van der Waals surface area contributed by atoms with E-state index in [1.807, 2.05) is 30.0 Å². The maximum Gasteiger partial charge on any atom is 0.274 e. The predicted molar refractivity (Wildman–Crippen MR) is 111 cm³/mol. The molecule has 1 saturated heterocycles. The number of carbonyl (C=O) groups is 1. The zero-order chi connectivity index (χ0) is 20.4. The summed E-state index contributed by atoms with van der Waals surface area (Å²) in [7, 11) is 1.64. The van der Waals surface area contributed by atoms with Crippen LogP contribution in [-0.2, 0) is 11.2 Å². The second-order valence-electron chi connectivity index (χ2n) is 7.27. The van der Waals surface area contributed by atoms with Gasteiger partial charge >= 0.3 is 0 Å². The molecule has 1 amide bonds. The predicted octanol–water partition coefficient (Wildman–Crippen LogP) is 4.36. The number of likely N-dealkylation sites (tertiary alicyclic amines) is 1. The molecule has 2 aromatic carbocycles. The zero-order valence-electron chi connectivity index (χ0n) is 16.5. The molecule has 1 aliphatic rings. The third-order valence-corrected chi connectivity index (χ3v) is 6.12. The van der Waals surface area contributed by atoms with E-state index in [-0.39, 0.29) is 17.8 Å². The highest BCUT2D eigenvalue weighted by atomic mass is 32.1. The molecular formula is C22H23FN2O3S. The summed E-state index contributed by atoms with van der Waals surface area (Å²) in [5.74, 6) is 0.687. The van der Waals surface area contributed by atoms with Gasteiger partial charge in [0.1, 0.15) is 17.7 Å². The number of carbonyl (C=O) groups excluding carboxylic acids is 1. The monoisotopic (exact) mass is 414 g/mol. The Kier molecular flexibility index (Phi) is 5.67. The highest BCUT2D eigenvalue weighted by Crippen LogP contribution is 2.30. The van der Waals surface area contributed by atoms with E-state index in [1.165, 1.54) is 23.5 Å². The van der Waals surface area contributed by atoms with Crippen molar-refractivity contribution < 1.29 is 18.7 Å². The minimum absolute atomic E-state index is 0.0210. The Bertz CT molecular complexity index is 1030. The number of benzene rings is 2. The number of rotatable bonds is 5. The van der Waals surface area contributed by atoms with E-state index in [1.54, 1.807) is 13.2 Å². The van der Waals surface area contributed by atoms with E-state index in [0.717, 1.165) is 39.9 Å². The van der Waals surface area contributed by atoms with Gasteiger partial charge in [-0.3, -0.25) is 4.79 Å². The zero-order valence-corrected chi connectivity index (χ0v) is 17.3. The number of amides is 1. The maximum absolute atomic E-state index is 13.3. The summed E-state index contributed by atoms with van der Waals surface area (Å²) in [4.78, 5) is 19.0. The second kappa shape index (κ2) is 8.37. The van der Waals surface area contributed by atoms with Crippen molar-refractivity contribution in [3.63, 3.8) is 0 Å². The molecule has 0 bridgehead atoms. The van der Waals surface area contributed by atoms with Crippen LogP contribution in [0.1, 0.15) is 24.0 Å². The van der Waals surface area contributed by atoms with Gasteiger partial charge in [-0.25, -0.2) is 9.37 Å². The molecule has 1 aromatic heterocycles. The Morgan fingerprint density at radius 1 is 1.24 bits per heavy atom. The van der Waals surface area contributed by atoms with Crippen molar-refractivity contribution >= 4 is 27.5 Å². The number of hydrogen-bond acceptors (Lipinski definition) is 5. The molecule has 5 nitrogen and oxygen atoms in total. The van der Waals surface area contributed by atoms with Gasteiger partial charge in [0, 0.05) is 25.9 Å². The number of nitrogens with zero attached hydrogens (tertiary/aromatic N) is 2. The minimum atomic E-state index is -0.272. The molecule has 0 N–H and O–H groups in total. The SMILES string of the molecule is COc1ccc(CC(=O)N2CCC(Oc3nc4ccc(F)cc4s3)CC2)cc1C. The fourth-order valence-corrected chi connectivity index (χ4v) is 4.54. The summed E-state index contributed by atoms with van der Waals surface area (Å²) in [5.41, 5.74) is 2.77. The van der Waals surface area contributed by atoms with Gasteiger partial charge in [-0.05, 0) is 42.3 Å². The number of piperidine rings is 1. The average Bonchev–Trinajstić information content (AvgIpc) is 3.10. The fourth-order valence-electron chi connectivity index (χ4n) is 3.63. The normalized spacial score (nSPS) is 14.9. The summed E-state index contributed by atoms with van der Waals surface area (Å²) in [6.07, 6.45) is 1.93. The van der Waals surface area contributed by atoms with Crippen molar-refractivity contribution in [3.8, 4) is 10.9 Å². The molecule has 3 aromatic rings. The van der Waals surface area contributed by atoms with Crippen LogP contribution in [0.25, 0.3) is 10.2 Å². The number of halogens is 1. The van der Waals surface area contributed by atoms with E-state index in [0.29, 0.717) is 24.7 Å². The lowest BCUT2D eigenvalue weighted by Gasteiger charge is -2.31. The van der Waals surface area contributed by atoms with E-state index in [9.17, 15) is 9.18 Å². The van der Waals surface area contributed by atoms with Gasteiger partial charge in [0.05, 0.1) is 23.7 Å². The van der Waals surface area contributed by atoms with Crippen molar-refractivity contribution in [1.29, 1.82) is 0 Å². The van der Waals surface area contributed by atoms with Crippen LogP contribution < -0.4 is 9.47 Å². The fraction of sp³-hybridized carbons (Fsp3) is 0.364. The molecule has 4 rings (SSSR count). The Labute approximate surface area is 173 Å². The van der Waals surface area contributed by atoms with Gasteiger partial charge in [0.15, 0.2) is 0 Å². The van der Waals surface area contributed by atoms with Crippen LogP contribution in [0.2, 0.25) is 0 Å². The third-order valence-electron chi connectivity index (χ3n) is 5.21. The van der Waals surface area contributed by atoms with Crippen LogP contribution in [0.5, 0.6) is 10.9 Å². The molecule has 0 unspecified atom stereocenters. The molecule has 29 heavy (non-hydrogen) atoms. The van der Waals surface area contributed by atoms with E-state index in [4.69, 9.17) is 9.47 Å². The first kappa shape index (κ1) is 19.6. The third kappa shape index (κ3) is 4.50. The lowest BCUT2D eigenvalue weighted by molar-refractivity contribution is -0.132. The Morgan fingerprint density at radius 3 is 2.76 bits per heavy atom. The number of thiazole rings is 1. The van der Waals surface area contributed by atoms with E-state index in [2.05, 4.69) is 4.98 Å². The van der Waals surface area contributed by atoms with Crippen LogP contribution in [0, 0.1) is 12.7 Å². The van der Waals surface area contributed by atoms with Gasteiger partial charge in [-0.1, -0.05) is 23.5 Å². The Morgan fingerprint density at radius 2 is 2.03 bits per heavy atom. The van der Waals surface area contributed by atoms with Crippen molar-refractivity contribution in [1.82, 2.24) is 9.88 Å². The number of hydrogen-bond donors (Lipinski definition) is 0. The first-order valence-electron chi connectivity index (χ1n) is 9.66. The molecule has 2 heterocycles. The van der Waals surface area contributed by atoms with Crippen LogP contribution in [0.4, 0.5) is 4.39 Å². The Balaban J connectivity index is 1.31. The molecule has 0 saturated carbocycles. The largest absolute Gasteiger partial charge is 0.496 e. The van der Waals surface area contributed by atoms with Gasteiger partial charge < -0.3 is 14.4 Å². The maximum atomic E-state index is 13.3. The van der Waals surface area contributed by atoms with Crippen molar-refractivity contribution in [2.45, 2.75) is 32.3 Å². The first-order valence-corrected chi connectivity index (χ1v) is 10.5. The van der Waals surface area contributed by atoms with Crippen molar-refractivity contribution in [2.75, 3.05) is 20.2 Å². The standard InChI is InChI=1S/C22H23FN2O3S/c1-14-11-15(3-6-19(14)27-2)12-21(26)25-9-7-17(8-10-25)28-22-24-18-5-4-16(23)13-20(18)29-22/h3-6,11,13,17H,7-10,12H2,1-2H3. The number of aryl methyl sites for hydroxylation is 1. The van der Waals surface area contributed by atoms with Crippen LogP contribution in [0.3, 0.4) is 0 Å². The van der Waals surface area contributed by atoms with Crippen LogP contribution in [0.15, 0.2) is 36.4 Å². The highest BCUT2D eigenvalue weighted by molar-refractivity contribution is 7.20. The minimum Gasteiger partial charge on any atom is -0.496 e. The van der Waals surface area contributed by atoms with Gasteiger partial charge in [-0.15, -0.1) is 0 Å². The second-order valence-corrected chi connectivity index (χ2v) is 8.26. The molecule has 0 radical (unpaired) electrons. The van der Waals surface area contributed by atoms with Gasteiger partial charge in [0.2, 0.25) is 5.91 Å². The highest BCUT2D eigenvalue weighted by Gasteiger charge is 2.25. The van der Waals surface area contributed by atoms with E-state index < -0.39 is 0 Å². The summed E-state index contributed by atoms with van der Waals surface area (Å²) < 4.78 is 25.4. The van der Waals surface area contributed by atoms with Crippen molar-refractivity contribution in [3.05, 3.63) is 53.3 Å². The smallest absolute Gasteiger partial charge is 0.274 e. The van der Waals surface area contributed by atoms with Crippen LogP contribution >= 0.6 is 11.3 Å². The number of methoxy groups -OCH3 is 1.